The number of methoxy groups -OCH3 is 1. The first-order valence-corrected chi connectivity index (χ1v) is 17.0. The summed E-state index contributed by atoms with van der Waals surface area (Å²) in [6.07, 6.45) is 3.82. The van der Waals surface area contributed by atoms with Gasteiger partial charge < -0.3 is 0 Å². The van der Waals surface area contributed by atoms with Crippen molar-refractivity contribution in [3.8, 4) is 0 Å². The van der Waals surface area contributed by atoms with E-state index in [0.29, 0.717) is 16.7 Å². The summed E-state index contributed by atoms with van der Waals surface area (Å²) in [5.41, 5.74) is 2.51. The summed E-state index contributed by atoms with van der Waals surface area (Å²) in [4.78, 5) is 3.02. The van der Waals surface area contributed by atoms with Crippen LogP contribution in [0.2, 0.25) is 4.82 Å². The van der Waals surface area contributed by atoms with Gasteiger partial charge in [0.05, 0.1) is 0 Å². The van der Waals surface area contributed by atoms with Gasteiger partial charge in [-0.25, -0.2) is 0 Å². The molecule has 1 aliphatic heterocycles. The average molecular weight is 613 g/mol. The van der Waals surface area contributed by atoms with E-state index in [1.54, 1.807) is 0 Å². The van der Waals surface area contributed by atoms with Crippen LogP contribution in [0.25, 0.3) is 10.8 Å². The molecule has 1 heterocycles. The standard InChI is InChI=1S/C37H43NO2Se/c1-26-22-23-32-33(24-26)40-36(31-21-13-17-27-14-11-12-20-30(27)31)38(37(32,2)3)25-34(41-29-18-9-6-10-19-29)35(39-4)28-15-7-5-8-16-28/h5-21,26,32-36H,22-25H2,1-4H3/t26-,32-,33-,34-,35+,36+/m1/s1. The van der Waals surface area contributed by atoms with E-state index in [1.807, 2.05) is 7.11 Å². The molecular formula is C37H43NO2Se. The quantitative estimate of drug-likeness (QED) is 0.189. The average Bonchev–Trinajstić information content (AvgIpc) is 2.99. The van der Waals surface area contributed by atoms with Crippen molar-refractivity contribution >= 4 is 30.2 Å². The summed E-state index contributed by atoms with van der Waals surface area (Å²) >= 11 is 0.203. The Morgan fingerprint density at radius 1 is 0.878 bits per heavy atom. The van der Waals surface area contributed by atoms with E-state index in [2.05, 4.69) is 129 Å². The van der Waals surface area contributed by atoms with Gasteiger partial charge in [0.25, 0.3) is 0 Å². The zero-order valence-corrected chi connectivity index (χ0v) is 26.5. The summed E-state index contributed by atoms with van der Waals surface area (Å²) in [6, 6.07) is 37.3. The van der Waals surface area contributed by atoms with Crippen LogP contribution in [0.4, 0.5) is 0 Å². The van der Waals surface area contributed by atoms with Crippen molar-refractivity contribution in [2.75, 3.05) is 13.7 Å². The van der Waals surface area contributed by atoms with Crippen molar-refractivity contribution in [1.82, 2.24) is 4.90 Å². The number of ether oxygens (including phenoxy) is 2. The SMILES string of the molecule is CO[C@@H](c1ccccc1)[C@@H](CN1[C@H](c2cccc3ccccc23)O[C@@H]2C[C@H](C)CC[C@H]2C1(C)C)[Se]c1ccccc1. The molecule has 1 aliphatic carbocycles. The molecule has 0 radical (unpaired) electrons. The number of fused-ring (bicyclic) bond motifs is 2. The third-order valence-electron chi connectivity index (χ3n) is 9.50. The molecule has 3 nitrogen and oxygen atoms in total. The number of rotatable bonds is 8. The minimum atomic E-state index is -0.106. The molecule has 0 spiro atoms. The number of benzene rings is 4. The van der Waals surface area contributed by atoms with Crippen LogP contribution in [0.1, 0.15) is 63.5 Å². The fourth-order valence-electron chi connectivity index (χ4n) is 7.29. The molecule has 4 aromatic rings. The molecule has 0 bridgehead atoms. The van der Waals surface area contributed by atoms with Gasteiger partial charge in [-0.1, -0.05) is 0 Å². The van der Waals surface area contributed by atoms with Crippen LogP contribution in [0, 0.1) is 11.8 Å². The van der Waals surface area contributed by atoms with E-state index >= 15 is 0 Å². The maximum absolute atomic E-state index is 7.27. The molecule has 0 unspecified atom stereocenters. The van der Waals surface area contributed by atoms with Gasteiger partial charge in [0.15, 0.2) is 0 Å². The molecule has 2 fully saturated rings. The Bertz CT molecular complexity index is 1420. The molecule has 4 aromatic carbocycles. The van der Waals surface area contributed by atoms with Gasteiger partial charge in [-0.05, 0) is 0 Å². The van der Waals surface area contributed by atoms with Crippen LogP contribution in [0.5, 0.6) is 0 Å². The van der Waals surface area contributed by atoms with Crippen LogP contribution in [0.3, 0.4) is 0 Å². The van der Waals surface area contributed by atoms with Gasteiger partial charge in [0, 0.05) is 0 Å². The van der Waals surface area contributed by atoms with Crippen molar-refractivity contribution in [2.24, 2.45) is 11.8 Å². The normalized spacial score (nSPS) is 25.9. The Labute approximate surface area is 252 Å². The predicted octanol–water partition coefficient (Wildman–Crippen LogP) is 7.96. The molecule has 0 amide bonds. The van der Waals surface area contributed by atoms with Gasteiger partial charge in [-0.2, -0.15) is 0 Å². The fourth-order valence-corrected chi connectivity index (χ4v) is 10.00. The van der Waals surface area contributed by atoms with E-state index < -0.39 is 0 Å². The third kappa shape index (κ3) is 5.91. The zero-order chi connectivity index (χ0) is 28.4. The Morgan fingerprint density at radius 3 is 2.32 bits per heavy atom. The molecule has 2 aliphatic rings. The Morgan fingerprint density at radius 2 is 1.56 bits per heavy atom. The summed E-state index contributed by atoms with van der Waals surface area (Å²) in [5, 5.41) is 2.56. The van der Waals surface area contributed by atoms with Gasteiger partial charge in [-0.3, -0.25) is 0 Å². The van der Waals surface area contributed by atoms with Gasteiger partial charge in [0.2, 0.25) is 0 Å². The van der Waals surface area contributed by atoms with Crippen LogP contribution in [-0.4, -0.2) is 45.2 Å². The zero-order valence-electron chi connectivity index (χ0n) is 24.8. The molecule has 1 saturated carbocycles. The van der Waals surface area contributed by atoms with E-state index in [4.69, 9.17) is 9.47 Å². The van der Waals surface area contributed by atoms with Crippen molar-refractivity contribution in [3.05, 3.63) is 114 Å². The van der Waals surface area contributed by atoms with Gasteiger partial charge >= 0.3 is 253 Å². The first-order chi connectivity index (χ1) is 20.0. The molecule has 6 rings (SSSR count). The molecule has 4 heteroatoms. The molecule has 41 heavy (non-hydrogen) atoms. The van der Waals surface area contributed by atoms with Crippen LogP contribution < -0.4 is 4.46 Å². The van der Waals surface area contributed by atoms with Crippen molar-refractivity contribution in [2.45, 2.75) is 68.8 Å². The first-order valence-electron chi connectivity index (χ1n) is 15.1. The Balaban J connectivity index is 1.44. The molecule has 0 N–H and O–H groups in total. The molecule has 1 saturated heterocycles. The number of hydrogen-bond acceptors (Lipinski definition) is 3. The summed E-state index contributed by atoms with van der Waals surface area (Å²) in [7, 11) is 1.88. The van der Waals surface area contributed by atoms with Crippen molar-refractivity contribution < 1.29 is 9.47 Å². The Kier molecular flexibility index (Phi) is 8.67. The fraction of sp³-hybridized carbons (Fsp3) is 0.405. The van der Waals surface area contributed by atoms with Gasteiger partial charge in [0.1, 0.15) is 0 Å². The topological polar surface area (TPSA) is 21.7 Å². The summed E-state index contributed by atoms with van der Waals surface area (Å²) in [5.74, 6) is 1.21. The van der Waals surface area contributed by atoms with E-state index in [9.17, 15) is 0 Å². The van der Waals surface area contributed by atoms with Gasteiger partial charge in [-0.15, -0.1) is 0 Å². The van der Waals surface area contributed by atoms with Crippen molar-refractivity contribution in [3.63, 3.8) is 0 Å². The number of hydrogen-bond donors (Lipinski definition) is 0. The van der Waals surface area contributed by atoms with Crippen LogP contribution >= 0.6 is 0 Å². The second-order valence-electron chi connectivity index (χ2n) is 12.5. The van der Waals surface area contributed by atoms with E-state index in [0.717, 1.165) is 13.0 Å². The number of nitrogens with zero attached hydrogens (tertiary/aromatic N) is 1. The van der Waals surface area contributed by atoms with Crippen LogP contribution in [0.15, 0.2) is 103 Å². The maximum atomic E-state index is 7.27. The molecule has 0 aromatic heterocycles. The first kappa shape index (κ1) is 28.6. The van der Waals surface area contributed by atoms with E-state index in [1.165, 1.54) is 39.2 Å². The molecule has 214 valence electrons. The molecular weight excluding hydrogens is 569 g/mol. The minimum absolute atomic E-state index is 0.00414. The molecule has 6 atom stereocenters. The summed E-state index contributed by atoms with van der Waals surface area (Å²) < 4.78 is 15.0. The second kappa shape index (κ2) is 12.4. The summed E-state index contributed by atoms with van der Waals surface area (Å²) in [6.45, 7) is 8.27. The second-order valence-corrected chi connectivity index (χ2v) is 15.2. The third-order valence-corrected chi connectivity index (χ3v) is 12.1. The van der Waals surface area contributed by atoms with Crippen molar-refractivity contribution in [1.29, 1.82) is 0 Å². The monoisotopic (exact) mass is 613 g/mol. The van der Waals surface area contributed by atoms with Crippen LogP contribution in [-0.2, 0) is 9.47 Å². The predicted molar refractivity (Wildman–Crippen MR) is 171 cm³/mol. The van der Waals surface area contributed by atoms with E-state index in [-0.39, 0.29) is 38.9 Å². The Hall–Kier alpha value is -2.46.